The third kappa shape index (κ3) is 4.19. The van der Waals surface area contributed by atoms with Crippen LogP contribution in [0.25, 0.3) is 0 Å². The van der Waals surface area contributed by atoms with Gasteiger partial charge in [-0.2, -0.15) is 0 Å². The quantitative estimate of drug-likeness (QED) is 0.270. The first-order valence-electron chi connectivity index (χ1n) is 12.7. The Labute approximate surface area is 230 Å². The van der Waals surface area contributed by atoms with Gasteiger partial charge in [0.05, 0.1) is 0 Å². The Kier molecular flexibility index (Phi) is 6.99. The molecule has 2 aromatic carbocycles. The van der Waals surface area contributed by atoms with Gasteiger partial charge in [-0.15, -0.1) is 0 Å². The maximum absolute atomic E-state index is 13.8. The molecule has 0 amide bonds. The summed E-state index contributed by atoms with van der Waals surface area (Å²) >= 11 is 0.00200. The molecule has 202 valence electrons. The van der Waals surface area contributed by atoms with Crippen molar-refractivity contribution in [3.05, 3.63) is 72.3 Å². The Bertz CT molecular complexity index is 1340. The van der Waals surface area contributed by atoms with E-state index in [0.717, 1.165) is 5.41 Å². The Morgan fingerprint density at radius 3 is 2.39 bits per heavy atom. The minimum atomic E-state index is -3.76. The molecule has 38 heavy (non-hydrogen) atoms. The van der Waals surface area contributed by atoms with Gasteiger partial charge in [0.1, 0.15) is 0 Å². The van der Waals surface area contributed by atoms with Crippen LogP contribution in [0.2, 0.25) is 4.82 Å². The molecule has 2 saturated carbocycles. The van der Waals surface area contributed by atoms with Crippen molar-refractivity contribution in [1.29, 1.82) is 0 Å². The molecule has 1 spiro atoms. The van der Waals surface area contributed by atoms with E-state index in [0.29, 0.717) is 19.3 Å². The van der Waals surface area contributed by atoms with Crippen molar-refractivity contribution in [1.82, 2.24) is 0 Å². The van der Waals surface area contributed by atoms with Crippen molar-refractivity contribution in [2.24, 2.45) is 16.2 Å². The van der Waals surface area contributed by atoms with E-state index in [9.17, 15) is 18.0 Å². The molecule has 5 rings (SSSR count). The number of benzene rings is 2. The van der Waals surface area contributed by atoms with Crippen LogP contribution in [0.4, 0.5) is 0 Å². The van der Waals surface area contributed by atoms with Crippen LogP contribution < -0.4 is 4.46 Å². The number of hydrogen-bond acceptors (Lipinski definition) is 7. The number of hydrogen-bond donors (Lipinski definition) is 0. The standard InChI is InChI=1S/C29H32O7SSe/c1-27(2)23(38-21-12-8-5-9-13-21)18-28-19-24(30)36-22(28)14-15-29(27,26(31)34-3)25(28)35-16-17-37(32,33)20-10-6-4-7-11-20/h4-13,16-17,22-23,25H,14-15,18-19H2,1-3H3/b17-16+/t22-,23+,25-,28+,29+/m0/s1. The minimum absolute atomic E-state index is 0.00200. The van der Waals surface area contributed by atoms with Crippen LogP contribution in [0, 0.1) is 16.2 Å². The van der Waals surface area contributed by atoms with Gasteiger partial charge in [-0.1, -0.05) is 0 Å². The number of carbonyl (C=O) groups is 2. The molecule has 7 nitrogen and oxygen atoms in total. The molecule has 5 atom stereocenters. The summed E-state index contributed by atoms with van der Waals surface area (Å²) in [7, 11) is -2.39. The second-order valence-corrected chi connectivity index (χ2v) is 15.4. The molecule has 0 radical (unpaired) electrons. The van der Waals surface area contributed by atoms with Crippen LogP contribution in [0.1, 0.15) is 39.5 Å². The molecule has 2 aromatic rings. The molecule has 1 heterocycles. The molecule has 9 heteroatoms. The van der Waals surface area contributed by atoms with Crippen molar-refractivity contribution in [2.75, 3.05) is 7.11 Å². The summed E-state index contributed by atoms with van der Waals surface area (Å²) in [6, 6.07) is 18.3. The van der Waals surface area contributed by atoms with Gasteiger partial charge < -0.3 is 0 Å². The fourth-order valence-electron chi connectivity index (χ4n) is 6.78. The maximum atomic E-state index is 13.8. The predicted octanol–water partition coefficient (Wildman–Crippen LogP) is 3.82. The molecule has 2 bridgehead atoms. The van der Waals surface area contributed by atoms with Gasteiger partial charge in [0.15, 0.2) is 0 Å². The second-order valence-electron chi connectivity index (χ2n) is 10.9. The van der Waals surface area contributed by atoms with Crippen LogP contribution in [0.3, 0.4) is 0 Å². The van der Waals surface area contributed by atoms with Crippen molar-refractivity contribution in [3.8, 4) is 0 Å². The Morgan fingerprint density at radius 1 is 1.08 bits per heavy atom. The fraction of sp³-hybridized carbons (Fsp3) is 0.448. The average molecular weight is 604 g/mol. The Hall–Kier alpha value is -2.61. The molecule has 1 aliphatic heterocycles. The zero-order chi connectivity index (χ0) is 27.2. The fourth-order valence-corrected chi connectivity index (χ4v) is 10.9. The molecule has 0 N–H and O–H groups in total. The number of sulfone groups is 1. The van der Waals surface area contributed by atoms with Gasteiger partial charge in [-0.05, 0) is 0 Å². The summed E-state index contributed by atoms with van der Waals surface area (Å²) < 4.78 is 44.6. The molecular weight excluding hydrogens is 571 g/mol. The summed E-state index contributed by atoms with van der Waals surface area (Å²) in [6.45, 7) is 4.18. The van der Waals surface area contributed by atoms with E-state index in [1.807, 2.05) is 18.2 Å². The molecule has 1 saturated heterocycles. The third-order valence-corrected chi connectivity index (χ3v) is 13.5. The van der Waals surface area contributed by atoms with Gasteiger partial charge in [0.25, 0.3) is 0 Å². The molecule has 2 aliphatic carbocycles. The van der Waals surface area contributed by atoms with Gasteiger partial charge in [-0.25, -0.2) is 0 Å². The first-order valence-corrected chi connectivity index (χ1v) is 16.1. The molecule has 3 fully saturated rings. The normalized spacial score (nSPS) is 31.9. The number of ether oxygens (including phenoxy) is 3. The van der Waals surface area contributed by atoms with Gasteiger partial charge >= 0.3 is 231 Å². The van der Waals surface area contributed by atoms with Gasteiger partial charge in [0, 0.05) is 0 Å². The van der Waals surface area contributed by atoms with Crippen LogP contribution in [0.5, 0.6) is 0 Å². The van der Waals surface area contributed by atoms with Crippen LogP contribution in [0.15, 0.2) is 77.2 Å². The number of methoxy groups -OCH3 is 1. The van der Waals surface area contributed by atoms with Crippen LogP contribution >= 0.6 is 0 Å². The Balaban J connectivity index is 1.58. The van der Waals surface area contributed by atoms with E-state index in [2.05, 4.69) is 26.0 Å². The molecular formula is C29H32O7SSe. The summed E-state index contributed by atoms with van der Waals surface area (Å²) in [6.07, 6.45) is 1.69. The van der Waals surface area contributed by atoms with E-state index in [1.54, 1.807) is 18.2 Å². The number of rotatable bonds is 7. The predicted molar refractivity (Wildman–Crippen MR) is 142 cm³/mol. The van der Waals surface area contributed by atoms with Gasteiger partial charge in [0.2, 0.25) is 0 Å². The topological polar surface area (TPSA) is 96.0 Å². The van der Waals surface area contributed by atoms with E-state index < -0.39 is 44.3 Å². The SMILES string of the molecule is COC(=O)[C@]12CC[C@@H]3OC(=O)C[C@@]3(C[C@@H]([Se]c3ccccc3)C1(C)C)[C@@H]2O/C=C/S(=O)(=O)c1ccccc1. The average Bonchev–Trinajstić information content (AvgIpc) is 3.23. The first kappa shape index (κ1) is 27.0. The summed E-state index contributed by atoms with van der Waals surface area (Å²) in [5.41, 5.74) is -2.41. The molecule has 0 aromatic heterocycles. The molecule has 0 unspecified atom stereocenters. The van der Waals surface area contributed by atoms with Gasteiger partial charge in [-0.3, -0.25) is 0 Å². The number of carbonyl (C=O) groups excluding carboxylic acids is 2. The second kappa shape index (κ2) is 9.85. The summed E-state index contributed by atoms with van der Waals surface area (Å²) in [5.74, 6) is -0.701. The van der Waals surface area contributed by atoms with E-state index in [4.69, 9.17) is 14.2 Å². The number of fused-ring (bicyclic) bond motifs is 1. The van der Waals surface area contributed by atoms with Crippen LogP contribution in [-0.2, 0) is 33.6 Å². The van der Waals surface area contributed by atoms with Crippen molar-refractivity contribution in [3.63, 3.8) is 0 Å². The first-order chi connectivity index (χ1) is 18.1. The van der Waals surface area contributed by atoms with E-state index in [-0.39, 0.29) is 37.1 Å². The zero-order valence-electron chi connectivity index (χ0n) is 21.7. The van der Waals surface area contributed by atoms with Crippen molar-refractivity contribution in [2.45, 2.75) is 61.5 Å². The molecule has 3 aliphatic rings. The monoisotopic (exact) mass is 604 g/mol. The summed E-state index contributed by atoms with van der Waals surface area (Å²) in [5, 5.41) is 1.03. The van der Waals surface area contributed by atoms with E-state index in [1.165, 1.54) is 30.0 Å². The van der Waals surface area contributed by atoms with E-state index >= 15 is 0 Å². The Morgan fingerprint density at radius 2 is 1.74 bits per heavy atom. The summed E-state index contributed by atoms with van der Waals surface area (Å²) in [4.78, 5) is 26.8. The van der Waals surface area contributed by atoms with Crippen molar-refractivity contribution >= 4 is 41.2 Å². The van der Waals surface area contributed by atoms with Crippen LogP contribution in [-0.4, -0.2) is 54.6 Å². The zero-order valence-corrected chi connectivity index (χ0v) is 24.2. The van der Waals surface area contributed by atoms with Crippen molar-refractivity contribution < 1.29 is 32.2 Å². The third-order valence-electron chi connectivity index (χ3n) is 8.77. The number of esters is 2.